The molecule has 0 nitrogen and oxygen atoms in total. The van der Waals surface area contributed by atoms with Gasteiger partial charge in [0.1, 0.15) is 0 Å². The Morgan fingerprint density at radius 3 is 0.857 bits per heavy atom. The molecule has 0 aliphatic heterocycles. The Labute approximate surface area is 97.5 Å². The van der Waals surface area contributed by atoms with Crippen molar-refractivity contribution in [3.05, 3.63) is 0 Å². The Hall–Kier alpha value is 0.0649. The third-order valence-electron chi connectivity index (χ3n) is 1.91. The van der Waals surface area contributed by atoms with Crippen molar-refractivity contribution >= 4 is 8.41 Å². The van der Waals surface area contributed by atoms with E-state index in [9.17, 15) is 0 Å². The summed E-state index contributed by atoms with van der Waals surface area (Å²) < 4.78 is 0. The molecule has 14 heavy (non-hydrogen) atoms. The zero-order chi connectivity index (χ0) is 9.91. The van der Waals surface area contributed by atoms with Gasteiger partial charge in [-0.05, 0) is 5.41 Å². The zero-order valence-electron chi connectivity index (χ0n) is 10.5. The molecule has 0 aromatic rings. The highest BCUT2D eigenvalue weighted by Gasteiger charge is 2.09. The smallest absolute Gasteiger partial charge is 0 e. The van der Waals surface area contributed by atoms with Crippen LogP contribution in [-0.4, -0.2) is 8.41 Å². The lowest BCUT2D eigenvalue weighted by molar-refractivity contribution is 0.338. The summed E-state index contributed by atoms with van der Waals surface area (Å²) in [5.74, 6) is 0. The van der Waals surface area contributed by atoms with E-state index in [4.69, 9.17) is 0 Å². The van der Waals surface area contributed by atoms with Crippen LogP contribution in [0.4, 0.5) is 0 Å². The van der Waals surface area contributed by atoms with E-state index in [-0.39, 0.29) is 23.3 Å². The van der Waals surface area contributed by atoms with Crippen LogP contribution in [0.15, 0.2) is 0 Å². The molecule has 0 aromatic carbocycles. The second-order valence-electron chi connectivity index (χ2n) is 2.87. The molecule has 1 heteroatoms. The van der Waals surface area contributed by atoms with Crippen molar-refractivity contribution in [1.82, 2.24) is 0 Å². The minimum Gasteiger partial charge on any atom is -0.0776 e. The molecule has 0 heterocycles. The van der Waals surface area contributed by atoms with Gasteiger partial charge in [0.15, 0.2) is 0 Å². The maximum Gasteiger partial charge on any atom is 0 e. The fraction of sp³-hybridized carbons (Fsp3) is 1.00. The van der Waals surface area contributed by atoms with E-state index >= 15 is 0 Å². The molecule has 0 saturated heterocycles. The van der Waals surface area contributed by atoms with Crippen molar-refractivity contribution in [2.24, 2.45) is 5.41 Å². The molecule has 0 unspecified atom stereocenters. The first kappa shape index (κ1) is 36.9. The quantitative estimate of drug-likeness (QED) is 0.499. The standard InChI is InChI=1S/C7H16.2C2H6.2CH4.B/c1-5-7(3,4)6-2;2*1-2;;;/h5-6H2,1-4H3;2*1-2H3;2*1H4;. The second kappa shape index (κ2) is 29.2. The monoisotopic (exact) mass is 203 g/mol. The van der Waals surface area contributed by atoms with Crippen LogP contribution in [0.1, 0.15) is 83.1 Å². The molecule has 0 saturated carbocycles. The summed E-state index contributed by atoms with van der Waals surface area (Å²) in [5.41, 5.74) is 0.583. The summed E-state index contributed by atoms with van der Waals surface area (Å²) >= 11 is 0. The van der Waals surface area contributed by atoms with E-state index in [2.05, 4.69) is 27.7 Å². The first-order valence-corrected chi connectivity index (χ1v) is 5.12. The highest BCUT2D eigenvalue weighted by molar-refractivity contribution is 5.75. The summed E-state index contributed by atoms with van der Waals surface area (Å²) in [4.78, 5) is 0. The molecule has 0 spiro atoms. The summed E-state index contributed by atoms with van der Waals surface area (Å²) in [7, 11) is 0. The van der Waals surface area contributed by atoms with Crippen molar-refractivity contribution in [2.45, 2.75) is 83.1 Å². The van der Waals surface area contributed by atoms with Crippen LogP contribution in [0.2, 0.25) is 0 Å². The maximum absolute atomic E-state index is 2.30. The van der Waals surface area contributed by atoms with Gasteiger partial charge in [0.25, 0.3) is 0 Å². The van der Waals surface area contributed by atoms with Crippen LogP contribution < -0.4 is 0 Å². The molecule has 0 atom stereocenters. The highest BCUT2D eigenvalue weighted by Crippen LogP contribution is 2.22. The molecule has 3 radical (unpaired) electrons. The van der Waals surface area contributed by atoms with Crippen molar-refractivity contribution in [3.63, 3.8) is 0 Å². The topological polar surface area (TPSA) is 0 Å². The molecular weight excluding hydrogens is 167 g/mol. The molecule has 91 valence electrons. The molecule has 0 aliphatic carbocycles. The Morgan fingerprint density at radius 2 is 0.857 bits per heavy atom. The Morgan fingerprint density at radius 1 is 0.714 bits per heavy atom. The van der Waals surface area contributed by atoms with E-state index in [1.54, 1.807) is 0 Å². The Bertz CT molecular complexity index is 43.2. The van der Waals surface area contributed by atoms with E-state index in [0.717, 1.165) is 0 Å². The molecule has 0 bridgehead atoms. The lowest BCUT2D eigenvalue weighted by Crippen LogP contribution is -2.05. The predicted octanol–water partition coefficient (Wildman–Crippen LogP) is 5.78. The number of rotatable bonds is 2. The molecule has 0 fully saturated rings. The van der Waals surface area contributed by atoms with Gasteiger partial charge in [-0.25, -0.2) is 0 Å². The number of hydrogen-bond acceptors (Lipinski definition) is 0. The normalized spacial score (nSPS) is 6.86. The van der Waals surface area contributed by atoms with Gasteiger partial charge in [0.05, 0.1) is 0 Å². The third kappa shape index (κ3) is 40.2. The van der Waals surface area contributed by atoms with E-state index < -0.39 is 0 Å². The fourth-order valence-electron chi connectivity index (χ4n) is 0.250. The first-order valence-electron chi connectivity index (χ1n) is 5.12. The average Bonchev–Trinajstić information content (AvgIpc) is 2.12. The maximum atomic E-state index is 2.30. The van der Waals surface area contributed by atoms with Gasteiger partial charge in [-0.15, -0.1) is 0 Å². The van der Waals surface area contributed by atoms with Crippen LogP contribution in [0.3, 0.4) is 0 Å². The molecule has 0 rings (SSSR count). The summed E-state index contributed by atoms with van der Waals surface area (Å²) in [5, 5.41) is 0. The number of hydrogen-bond donors (Lipinski definition) is 0. The van der Waals surface area contributed by atoms with Crippen LogP contribution >= 0.6 is 0 Å². The van der Waals surface area contributed by atoms with Crippen LogP contribution in [-0.2, 0) is 0 Å². The summed E-state index contributed by atoms with van der Waals surface area (Å²) in [6.07, 6.45) is 2.59. The molecule has 0 amide bonds. The average molecular weight is 203 g/mol. The summed E-state index contributed by atoms with van der Waals surface area (Å²) in [6.45, 7) is 17.1. The van der Waals surface area contributed by atoms with E-state index in [1.165, 1.54) is 12.8 Å². The zero-order valence-corrected chi connectivity index (χ0v) is 10.5. The van der Waals surface area contributed by atoms with E-state index in [0.29, 0.717) is 5.41 Å². The van der Waals surface area contributed by atoms with Gasteiger partial charge in [-0.1, -0.05) is 83.1 Å². The fourth-order valence-corrected chi connectivity index (χ4v) is 0.250. The van der Waals surface area contributed by atoms with Crippen molar-refractivity contribution < 1.29 is 0 Å². The van der Waals surface area contributed by atoms with Crippen molar-refractivity contribution in [1.29, 1.82) is 0 Å². The summed E-state index contributed by atoms with van der Waals surface area (Å²) in [6, 6.07) is 0. The Balaban J connectivity index is -0.0000000205. The second-order valence-corrected chi connectivity index (χ2v) is 2.87. The van der Waals surface area contributed by atoms with Gasteiger partial charge < -0.3 is 0 Å². The van der Waals surface area contributed by atoms with Gasteiger partial charge in [-0.2, -0.15) is 0 Å². The molecule has 0 N–H and O–H groups in total. The van der Waals surface area contributed by atoms with Crippen LogP contribution in [0, 0.1) is 5.41 Å². The largest absolute Gasteiger partial charge is 0.0776 e. The molecule has 0 aromatic heterocycles. The predicted molar refractivity (Wildman–Crippen MR) is 76.3 cm³/mol. The minimum atomic E-state index is 0. The van der Waals surface area contributed by atoms with Gasteiger partial charge in [-0.3, -0.25) is 0 Å². The third-order valence-corrected chi connectivity index (χ3v) is 1.91. The highest BCUT2D eigenvalue weighted by atomic mass is 14.1. The van der Waals surface area contributed by atoms with Crippen molar-refractivity contribution in [2.75, 3.05) is 0 Å². The van der Waals surface area contributed by atoms with Gasteiger partial charge in [0, 0.05) is 8.41 Å². The van der Waals surface area contributed by atoms with E-state index in [1.807, 2.05) is 27.7 Å². The van der Waals surface area contributed by atoms with Crippen LogP contribution in [0.5, 0.6) is 0 Å². The van der Waals surface area contributed by atoms with Gasteiger partial charge >= 0.3 is 0 Å². The first-order chi connectivity index (χ1) is 5.12. The SMILES string of the molecule is C.C.CC.CC.CCC(C)(C)CC.[B]. The Kier molecular flexibility index (Phi) is 77.1. The van der Waals surface area contributed by atoms with Gasteiger partial charge in [0.2, 0.25) is 0 Å². The lowest BCUT2D eigenvalue weighted by atomic mass is 9.88. The van der Waals surface area contributed by atoms with Crippen molar-refractivity contribution in [3.8, 4) is 0 Å². The molecular formula is C13H36B. The minimum absolute atomic E-state index is 0. The van der Waals surface area contributed by atoms with Crippen LogP contribution in [0.25, 0.3) is 0 Å². The lowest BCUT2D eigenvalue weighted by Gasteiger charge is -2.18. The molecule has 0 aliphatic rings.